The Kier molecular flexibility index (Phi) is 3.11. The summed E-state index contributed by atoms with van der Waals surface area (Å²) in [6, 6.07) is 15.0. The van der Waals surface area contributed by atoms with Crippen LogP contribution in [0.15, 0.2) is 48.7 Å². The molecule has 0 spiro atoms. The standard InChI is InChI=1S/C17H20N2/c1-17(2)15-9-6-11-18-16(15)10-12-19(17)13-14-7-4-3-5-8-14/h3-9,11H,10,12-13H2,1-2H3. The number of aromatic nitrogens is 1. The van der Waals surface area contributed by atoms with Gasteiger partial charge in [-0.05, 0) is 31.0 Å². The zero-order chi connectivity index (χ0) is 13.3. The molecule has 1 aliphatic rings. The van der Waals surface area contributed by atoms with Crippen LogP contribution in [0.5, 0.6) is 0 Å². The Morgan fingerprint density at radius 3 is 2.68 bits per heavy atom. The fourth-order valence-electron chi connectivity index (χ4n) is 2.97. The van der Waals surface area contributed by atoms with Crippen molar-refractivity contribution in [2.75, 3.05) is 6.54 Å². The quantitative estimate of drug-likeness (QED) is 0.814. The fourth-order valence-corrected chi connectivity index (χ4v) is 2.97. The van der Waals surface area contributed by atoms with Crippen LogP contribution in [0.1, 0.15) is 30.7 Å². The highest BCUT2D eigenvalue weighted by molar-refractivity contribution is 5.30. The van der Waals surface area contributed by atoms with Crippen LogP contribution in [0.25, 0.3) is 0 Å². The Bertz CT molecular complexity index is 560. The second kappa shape index (κ2) is 4.78. The van der Waals surface area contributed by atoms with Crippen LogP contribution in [-0.2, 0) is 18.5 Å². The van der Waals surface area contributed by atoms with Crippen LogP contribution in [0.4, 0.5) is 0 Å². The second-order valence-electron chi connectivity index (χ2n) is 5.71. The Morgan fingerprint density at radius 1 is 1.11 bits per heavy atom. The molecule has 0 atom stereocenters. The molecule has 1 aliphatic heterocycles. The summed E-state index contributed by atoms with van der Waals surface area (Å²) in [5.74, 6) is 0. The van der Waals surface area contributed by atoms with Crippen LogP contribution >= 0.6 is 0 Å². The van der Waals surface area contributed by atoms with Crippen molar-refractivity contribution in [3.8, 4) is 0 Å². The molecule has 2 heterocycles. The van der Waals surface area contributed by atoms with E-state index < -0.39 is 0 Å². The van der Waals surface area contributed by atoms with Crippen molar-refractivity contribution in [1.82, 2.24) is 9.88 Å². The van der Waals surface area contributed by atoms with Crippen molar-refractivity contribution in [1.29, 1.82) is 0 Å². The van der Waals surface area contributed by atoms with Gasteiger partial charge in [-0.15, -0.1) is 0 Å². The van der Waals surface area contributed by atoms with Crippen LogP contribution in [0, 0.1) is 0 Å². The van der Waals surface area contributed by atoms with Crippen LogP contribution in [0.3, 0.4) is 0 Å². The maximum Gasteiger partial charge on any atom is 0.0466 e. The second-order valence-corrected chi connectivity index (χ2v) is 5.71. The highest BCUT2D eigenvalue weighted by Gasteiger charge is 2.34. The molecule has 0 unspecified atom stereocenters. The summed E-state index contributed by atoms with van der Waals surface area (Å²) in [4.78, 5) is 7.08. The van der Waals surface area contributed by atoms with E-state index in [0.717, 1.165) is 19.5 Å². The number of hydrogen-bond acceptors (Lipinski definition) is 2. The van der Waals surface area contributed by atoms with E-state index >= 15 is 0 Å². The predicted molar refractivity (Wildman–Crippen MR) is 77.8 cm³/mol. The molecule has 0 radical (unpaired) electrons. The molecule has 0 amide bonds. The van der Waals surface area contributed by atoms with Gasteiger partial charge in [0.05, 0.1) is 0 Å². The van der Waals surface area contributed by atoms with Gasteiger partial charge in [0, 0.05) is 36.9 Å². The van der Waals surface area contributed by atoms with Crippen LogP contribution in [0.2, 0.25) is 0 Å². The molecular formula is C17H20N2. The third-order valence-corrected chi connectivity index (χ3v) is 4.17. The SMILES string of the molecule is CC1(C)c2cccnc2CCN1Cc1ccccc1. The van der Waals surface area contributed by atoms with Gasteiger partial charge in [0.25, 0.3) is 0 Å². The Labute approximate surface area is 115 Å². The van der Waals surface area contributed by atoms with Crippen molar-refractivity contribution in [3.63, 3.8) is 0 Å². The minimum atomic E-state index is 0.0533. The van der Waals surface area contributed by atoms with Gasteiger partial charge < -0.3 is 0 Å². The molecule has 0 fully saturated rings. The van der Waals surface area contributed by atoms with Gasteiger partial charge in [0.2, 0.25) is 0 Å². The van der Waals surface area contributed by atoms with E-state index in [1.165, 1.54) is 16.8 Å². The molecule has 2 nitrogen and oxygen atoms in total. The summed E-state index contributed by atoms with van der Waals surface area (Å²) in [5, 5.41) is 0. The molecule has 0 aliphatic carbocycles. The van der Waals surface area contributed by atoms with E-state index in [2.05, 4.69) is 60.1 Å². The largest absolute Gasteiger partial charge is 0.289 e. The number of pyridine rings is 1. The van der Waals surface area contributed by atoms with Crippen LogP contribution < -0.4 is 0 Å². The van der Waals surface area contributed by atoms with Gasteiger partial charge in [-0.2, -0.15) is 0 Å². The van der Waals surface area contributed by atoms with E-state index in [9.17, 15) is 0 Å². The van der Waals surface area contributed by atoms with Crippen LogP contribution in [-0.4, -0.2) is 16.4 Å². The Hall–Kier alpha value is -1.67. The lowest BCUT2D eigenvalue weighted by molar-refractivity contribution is 0.0968. The van der Waals surface area contributed by atoms with E-state index in [-0.39, 0.29) is 5.54 Å². The molecule has 0 saturated heterocycles. The summed E-state index contributed by atoms with van der Waals surface area (Å²) < 4.78 is 0. The van der Waals surface area contributed by atoms with Crippen molar-refractivity contribution in [3.05, 3.63) is 65.5 Å². The van der Waals surface area contributed by atoms with Gasteiger partial charge in [-0.1, -0.05) is 36.4 Å². The van der Waals surface area contributed by atoms with Crippen molar-refractivity contribution < 1.29 is 0 Å². The topological polar surface area (TPSA) is 16.1 Å². The summed E-state index contributed by atoms with van der Waals surface area (Å²) >= 11 is 0. The molecule has 1 aromatic carbocycles. The van der Waals surface area contributed by atoms with E-state index in [0.29, 0.717) is 0 Å². The number of nitrogens with zero attached hydrogens (tertiary/aromatic N) is 2. The molecule has 2 heteroatoms. The monoisotopic (exact) mass is 252 g/mol. The molecule has 0 bridgehead atoms. The van der Waals surface area contributed by atoms with Crippen molar-refractivity contribution in [2.45, 2.75) is 32.4 Å². The third kappa shape index (κ3) is 2.28. The molecule has 2 aromatic rings. The molecule has 19 heavy (non-hydrogen) atoms. The van der Waals surface area contributed by atoms with Gasteiger partial charge >= 0.3 is 0 Å². The summed E-state index contributed by atoms with van der Waals surface area (Å²) in [7, 11) is 0. The Balaban J connectivity index is 1.89. The highest BCUT2D eigenvalue weighted by atomic mass is 15.2. The minimum absolute atomic E-state index is 0.0533. The molecule has 1 aromatic heterocycles. The first kappa shape index (κ1) is 12.4. The predicted octanol–water partition coefficient (Wildman–Crippen LogP) is 3.38. The maximum atomic E-state index is 4.53. The van der Waals surface area contributed by atoms with Gasteiger partial charge in [0.1, 0.15) is 0 Å². The van der Waals surface area contributed by atoms with Crippen molar-refractivity contribution >= 4 is 0 Å². The summed E-state index contributed by atoms with van der Waals surface area (Å²) in [6.07, 6.45) is 2.95. The number of fused-ring (bicyclic) bond motifs is 1. The lowest BCUT2D eigenvalue weighted by Gasteiger charge is -2.43. The summed E-state index contributed by atoms with van der Waals surface area (Å²) in [6.45, 7) is 6.68. The first-order valence-electron chi connectivity index (χ1n) is 6.91. The first-order valence-corrected chi connectivity index (χ1v) is 6.91. The van der Waals surface area contributed by atoms with Gasteiger partial charge in [-0.3, -0.25) is 9.88 Å². The number of hydrogen-bond donors (Lipinski definition) is 0. The molecule has 3 rings (SSSR count). The number of benzene rings is 1. The lowest BCUT2D eigenvalue weighted by Crippen LogP contribution is -2.46. The fraction of sp³-hybridized carbons (Fsp3) is 0.353. The van der Waals surface area contributed by atoms with E-state index in [1.54, 1.807) is 0 Å². The zero-order valence-electron chi connectivity index (χ0n) is 11.6. The smallest absolute Gasteiger partial charge is 0.0466 e. The van der Waals surface area contributed by atoms with E-state index in [1.807, 2.05) is 12.3 Å². The molecular weight excluding hydrogens is 232 g/mol. The average Bonchev–Trinajstić information content (AvgIpc) is 2.44. The number of rotatable bonds is 2. The third-order valence-electron chi connectivity index (χ3n) is 4.17. The Morgan fingerprint density at radius 2 is 1.89 bits per heavy atom. The molecule has 0 N–H and O–H groups in total. The van der Waals surface area contributed by atoms with Gasteiger partial charge in [-0.25, -0.2) is 0 Å². The lowest BCUT2D eigenvalue weighted by atomic mass is 9.86. The zero-order valence-corrected chi connectivity index (χ0v) is 11.6. The first-order chi connectivity index (χ1) is 9.18. The minimum Gasteiger partial charge on any atom is -0.289 e. The summed E-state index contributed by atoms with van der Waals surface area (Å²) in [5.41, 5.74) is 4.06. The molecule has 0 saturated carbocycles. The molecule has 98 valence electrons. The average molecular weight is 252 g/mol. The normalized spacial score (nSPS) is 18.0. The van der Waals surface area contributed by atoms with E-state index in [4.69, 9.17) is 0 Å². The van der Waals surface area contributed by atoms with Crippen molar-refractivity contribution in [2.24, 2.45) is 0 Å². The maximum absolute atomic E-state index is 4.53. The van der Waals surface area contributed by atoms with Gasteiger partial charge in [0.15, 0.2) is 0 Å². The highest BCUT2D eigenvalue weighted by Crippen LogP contribution is 2.34.